The van der Waals surface area contributed by atoms with Gasteiger partial charge in [-0.2, -0.15) is 0 Å². The Morgan fingerprint density at radius 1 is 0.815 bits per heavy atom. The van der Waals surface area contributed by atoms with Crippen molar-refractivity contribution < 1.29 is 19.0 Å². The van der Waals surface area contributed by atoms with Gasteiger partial charge >= 0.3 is 5.97 Å². The molecule has 0 aromatic heterocycles. The fourth-order valence-corrected chi connectivity index (χ4v) is 2.67. The number of carbonyl (C=O) groups excluding carboxylic acids is 1. The third kappa shape index (κ3) is 4.55. The minimum Gasteiger partial charge on any atom is -0.497 e. The Kier molecular flexibility index (Phi) is 5.90. The fourth-order valence-electron chi connectivity index (χ4n) is 2.67. The lowest BCUT2D eigenvalue weighted by Crippen LogP contribution is -2.04. The smallest absolute Gasteiger partial charge is 0.336 e. The Morgan fingerprint density at radius 3 is 2.30 bits per heavy atom. The van der Waals surface area contributed by atoms with Crippen LogP contribution in [0.1, 0.15) is 5.56 Å². The molecule has 0 heterocycles. The van der Waals surface area contributed by atoms with Gasteiger partial charge in [0.05, 0.1) is 14.2 Å². The molecule has 0 radical (unpaired) electrons. The molecular formula is C23H20O4. The molecule has 0 unspecified atom stereocenters. The summed E-state index contributed by atoms with van der Waals surface area (Å²) < 4.78 is 16.1. The molecule has 0 amide bonds. The summed E-state index contributed by atoms with van der Waals surface area (Å²) in [6, 6.07) is 22.6. The molecule has 0 bridgehead atoms. The minimum atomic E-state index is -0.462. The van der Waals surface area contributed by atoms with E-state index in [0.717, 1.165) is 16.7 Å². The van der Waals surface area contributed by atoms with Crippen LogP contribution >= 0.6 is 0 Å². The van der Waals surface area contributed by atoms with E-state index < -0.39 is 5.97 Å². The molecule has 27 heavy (non-hydrogen) atoms. The Morgan fingerprint density at radius 2 is 1.56 bits per heavy atom. The quantitative estimate of drug-likeness (QED) is 0.353. The molecule has 0 spiro atoms. The average Bonchev–Trinajstić information content (AvgIpc) is 2.73. The van der Waals surface area contributed by atoms with Gasteiger partial charge in [-0.05, 0) is 29.8 Å². The van der Waals surface area contributed by atoms with E-state index in [1.165, 1.54) is 6.08 Å². The van der Waals surface area contributed by atoms with E-state index in [2.05, 4.69) is 0 Å². The molecule has 0 aliphatic rings. The first kappa shape index (κ1) is 18.3. The van der Waals surface area contributed by atoms with E-state index in [-0.39, 0.29) is 0 Å². The lowest BCUT2D eigenvalue weighted by atomic mass is 10.1. The number of para-hydroxylation sites is 1. The highest BCUT2D eigenvalue weighted by Gasteiger charge is 2.09. The van der Waals surface area contributed by atoms with Gasteiger partial charge in [0, 0.05) is 23.3 Å². The maximum absolute atomic E-state index is 12.3. The highest BCUT2D eigenvalue weighted by atomic mass is 16.5. The van der Waals surface area contributed by atoms with Gasteiger partial charge in [-0.3, -0.25) is 0 Å². The summed E-state index contributed by atoms with van der Waals surface area (Å²) in [6.07, 6.45) is 3.04. The van der Waals surface area contributed by atoms with E-state index in [1.807, 2.05) is 54.6 Å². The highest BCUT2D eigenvalue weighted by Crippen LogP contribution is 2.30. The molecule has 0 saturated heterocycles. The van der Waals surface area contributed by atoms with Crippen molar-refractivity contribution in [3.63, 3.8) is 0 Å². The number of carbonyl (C=O) groups is 1. The summed E-state index contributed by atoms with van der Waals surface area (Å²) in [6.45, 7) is 0. The maximum atomic E-state index is 12.3. The van der Waals surface area contributed by atoms with Crippen molar-refractivity contribution in [3.8, 4) is 28.4 Å². The van der Waals surface area contributed by atoms with Crippen LogP contribution in [0.15, 0.2) is 78.9 Å². The predicted octanol–water partition coefficient (Wildman–Crippen LogP) is 4.99. The summed E-state index contributed by atoms with van der Waals surface area (Å²) in [7, 11) is 3.16. The second-order valence-corrected chi connectivity index (χ2v) is 5.72. The van der Waals surface area contributed by atoms with Crippen LogP contribution in [0.4, 0.5) is 0 Å². The number of hydrogen-bond donors (Lipinski definition) is 0. The molecule has 0 aliphatic heterocycles. The molecule has 0 atom stereocenters. The lowest BCUT2D eigenvalue weighted by Gasteiger charge is -2.09. The SMILES string of the molecule is COc1ccc(C=CC(=O)Oc2ccccc2-c2ccccc2)c(OC)c1. The van der Waals surface area contributed by atoms with Crippen molar-refractivity contribution in [2.75, 3.05) is 14.2 Å². The molecule has 3 rings (SSSR count). The summed E-state index contributed by atoms with van der Waals surface area (Å²) in [5, 5.41) is 0. The number of benzene rings is 3. The molecule has 4 heteroatoms. The normalized spacial score (nSPS) is 10.6. The van der Waals surface area contributed by atoms with Gasteiger partial charge in [-0.15, -0.1) is 0 Å². The molecule has 3 aromatic rings. The zero-order chi connectivity index (χ0) is 19.1. The summed E-state index contributed by atoms with van der Waals surface area (Å²) >= 11 is 0. The van der Waals surface area contributed by atoms with Crippen molar-refractivity contribution in [1.82, 2.24) is 0 Å². The third-order valence-corrected chi connectivity index (χ3v) is 4.02. The number of hydrogen-bond acceptors (Lipinski definition) is 4. The molecule has 136 valence electrons. The Balaban J connectivity index is 1.78. The average molecular weight is 360 g/mol. The topological polar surface area (TPSA) is 44.8 Å². The van der Waals surface area contributed by atoms with Gasteiger partial charge in [-0.1, -0.05) is 48.5 Å². The number of methoxy groups -OCH3 is 2. The van der Waals surface area contributed by atoms with Crippen LogP contribution < -0.4 is 14.2 Å². The van der Waals surface area contributed by atoms with Crippen LogP contribution in [0.3, 0.4) is 0 Å². The molecule has 0 fully saturated rings. The molecule has 0 saturated carbocycles. The zero-order valence-corrected chi connectivity index (χ0v) is 15.2. The molecule has 0 aliphatic carbocycles. The zero-order valence-electron chi connectivity index (χ0n) is 15.2. The second-order valence-electron chi connectivity index (χ2n) is 5.72. The summed E-state index contributed by atoms with van der Waals surface area (Å²) in [4.78, 5) is 12.3. The van der Waals surface area contributed by atoms with Gasteiger partial charge in [0.15, 0.2) is 0 Å². The first-order valence-electron chi connectivity index (χ1n) is 8.47. The second kappa shape index (κ2) is 8.72. The predicted molar refractivity (Wildman–Crippen MR) is 106 cm³/mol. The van der Waals surface area contributed by atoms with E-state index in [1.54, 1.807) is 38.5 Å². The monoisotopic (exact) mass is 360 g/mol. The van der Waals surface area contributed by atoms with Crippen LogP contribution in [-0.4, -0.2) is 20.2 Å². The van der Waals surface area contributed by atoms with Gasteiger partial charge in [-0.25, -0.2) is 4.79 Å². The van der Waals surface area contributed by atoms with E-state index >= 15 is 0 Å². The van der Waals surface area contributed by atoms with E-state index in [0.29, 0.717) is 17.2 Å². The first-order chi connectivity index (χ1) is 13.2. The lowest BCUT2D eigenvalue weighted by molar-refractivity contribution is -0.128. The maximum Gasteiger partial charge on any atom is 0.336 e. The fraction of sp³-hybridized carbons (Fsp3) is 0.0870. The molecule has 4 nitrogen and oxygen atoms in total. The van der Waals surface area contributed by atoms with E-state index in [9.17, 15) is 4.79 Å². The van der Waals surface area contributed by atoms with Crippen LogP contribution in [0, 0.1) is 0 Å². The molecule has 0 N–H and O–H groups in total. The molecular weight excluding hydrogens is 340 g/mol. The molecule has 3 aromatic carbocycles. The van der Waals surface area contributed by atoms with Gasteiger partial charge in [0.25, 0.3) is 0 Å². The van der Waals surface area contributed by atoms with Crippen molar-refractivity contribution in [1.29, 1.82) is 0 Å². The van der Waals surface area contributed by atoms with Crippen LogP contribution in [-0.2, 0) is 4.79 Å². The summed E-state index contributed by atoms with van der Waals surface area (Å²) in [5.74, 6) is 1.35. The van der Waals surface area contributed by atoms with Gasteiger partial charge in [0.1, 0.15) is 17.2 Å². The Hall–Kier alpha value is -3.53. The Bertz CT molecular complexity index is 946. The largest absolute Gasteiger partial charge is 0.497 e. The summed E-state index contributed by atoms with van der Waals surface area (Å²) in [5.41, 5.74) is 2.61. The van der Waals surface area contributed by atoms with Gasteiger partial charge < -0.3 is 14.2 Å². The van der Waals surface area contributed by atoms with Gasteiger partial charge in [0.2, 0.25) is 0 Å². The number of esters is 1. The highest BCUT2D eigenvalue weighted by molar-refractivity contribution is 5.90. The van der Waals surface area contributed by atoms with Crippen LogP contribution in [0.5, 0.6) is 17.2 Å². The van der Waals surface area contributed by atoms with Crippen LogP contribution in [0.2, 0.25) is 0 Å². The van der Waals surface area contributed by atoms with Crippen molar-refractivity contribution in [3.05, 3.63) is 84.4 Å². The van der Waals surface area contributed by atoms with Crippen LogP contribution in [0.25, 0.3) is 17.2 Å². The standard InChI is InChI=1S/C23H20O4/c1-25-19-14-12-18(22(16-19)26-2)13-15-23(24)27-21-11-7-6-10-20(21)17-8-4-3-5-9-17/h3-16H,1-2H3. The number of rotatable bonds is 6. The van der Waals surface area contributed by atoms with E-state index in [4.69, 9.17) is 14.2 Å². The third-order valence-electron chi connectivity index (χ3n) is 4.02. The number of ether oxygens (including phenoxy) is 3. The first-order valence-corrected chi connectivity index (χ1v) is 8.47. The Labute approximate surface area is 158 Å². The minimum absolute atomic E-state index is 0.462. The van der Waals surface area contributed by atoms with Crippen molar-refractivity contribution >= 4 is 12.0 Å². The van der Waals surface area contributed by atoms with Crippen molar-refractivity contribution in [2.24, 2.45) is 0 Å². The van der Waals surface area contributed by atoms with Crippen molar-refractivity contribution in [2.45, 2.75) is 0 Å².